The maximum atomic E-state index is 5.59. The Morgan fingerprint density at radius 3 is 2.38 bits per heavy atom. The van der Waals surface area contributed by atoms with Crippen LogP contribution in [-0.2, 0) is 0 Å². The van der Waals surface area contributed by atoms with Crippen molar-refractivity contribution in [1.82, 2.24) is 14.9 Å². The summed E-state index contributed by atoms with van der Waals surface area (Å²) < 4.78 is 0. The topological polar surface area (TPSA) is 70.3 Å². The molecule has 1 aromatic heterocycles. The average Bonchev–Trinajstić information content (AvgIpc) is 2.66. The molecule has 3 rings (SSSR count). The smallest absolute Gasteiger partial charge is 0.161 e. The number of nitrogens with one attached hydrogen (secondary N) is 1. The van der Waals surface area contributed by atoms with Crippen LogP contribution in [0.5, 0.6) is 0 Å². The molecule has 1 saturated heterocycles. The van der Waals surface area contributed by atoms with E-state index in [-0.39, 0.29) is 0 Å². The third-order valence-corrected chi connectivity index (χ3v) is 5.06. The largest absolute Gasteiger partial charge is 0.370 e. The molecule has 3 N–H and O–H groups in total. The quantitative estimate of drug-likeness (QED) is 0.776. The van der Waals surface area contributed by atoms with E-state index in [1.165, 1.54) is 5.69 Å². The first-order valence-electron chi connectivity index (χ1n) is 9.41. The van der Waals surface area contributed by atoms with Crippen molar-refractivity contribution in [2.75, 3.05) is 56.5 Å². The number of hydrogen-bond acceptors (Lipinski definition) is 6. The van der Waals surface area contributed by atoms with E-state index >= 15 is 0 Å². The van der Waals surface area contributed by atoms with E-state index in [4.69, 9.17) is 10.7 Å². The summed E-state index contributed by atoms with van der Waals surface area (Å²) in [4.78, 5) is 14.2. The molecular formula is C20H30N6. The second-order valence-corrected chi connectivity index (χ2v) is 7.01. The Hall–Kier alpha value is -2.18. The molecule has 2 heterocycles. The summed E-state index contributed by atoms with van der Waals surface area (Å²) in [6, 6.07) is 8.62. The number of aromatic nitrogens is 2. The fourth-order valence-corrected chi connectivity index (χ4v) is 3.12. The highest BCUT2D eigenvalue weighted by molar-refractivity contribution is 5.63. The van der Waals surface area contributed by atoms with Crippen molar-refractivity contribution in [2.24, 2.45) is 5.73 Å². The van der Waals surface area contributed by atoms with Crippen molar-refractivity contribution >= 4 is 11.5 Å². The van der Waals surface area contributed by atoms with Crippen molar-refractivity contribution in [3.63, 3.8) is 0 Å². The minimum absolute atomic E-state index is 0.677. The molecule has 140 valence electrons. The Morgan fingerprint density at radius 2 is 1.73 bits per heavy atom. The van der Waals surface area contributed by atoms with Gasteiger partial charge >= 0.3 is 0 Å². The van der Waals surface area contributed by atoms with E-state index in [2.05, 4.69) is 58.3 Å². The Morgan fingerprint density at radius 1 is 1.04 bits per heavy atom. The third kappa shape index (κ3) is 4.31. The minimum Gasteiger partial charge on any atom is -0.370 e. The number of rotatable bonds is 6. The van der Waals surface area contributed by atoms with Gasteiger partial charge in [0.1, 0.15) is 5.82 Å². The Balaban J connectivity index is 1.78. The van der Waals surface area contributed by atoms with Gasteiger partial charge in [-0.2, -0.15) is 0 Å². The molecule has 0 bridgehead atoms. The normalized spacial score (nSPS) is 15.3. The maximum absolute atomic E-state index is 5.59. The molecule has 0 unspecified atom stereocenters. The lowest BCUT2D eigenvalue weighted by atomic mass is 10.1. The van der Waals surface area contributed by atoms with Gasteiger partial charge in [-0.25, -0.2) is 9.97 Å². The molecule has 1 aromatic carbocycles. The van der Waals surface area contributed by atoms with Crippen LogP contribution in [-0.4, -0.2) is 61.2 Å². The van der Waals surface area contributed by atoms with E-state index in [1.807, 2.05) is 6.92 Å². The van der Waals surface area contributed by atoms with Crippen LogP contribution < -0.4 is 16.0 Å². The van der Waals surface area contributed by atoms with Gasteiger partial charge in [0.05, 0.1) is 0 Å². The van der Waals surface area contributed by atoms with E-state index in [0.29, 0.717) is 6.54 Å². The number of nitrogens with two attached hydrogens (primary N) is 1. The SMILES string of the molecule is Cc1nc(-c2ccc(N3CCN(C)CC3)cc2)nc(NCCCN)c1C. The molecule has 0 amide bonds. The van der Waals surface area contributed by atoms with Crippen molar-refractivity contribution in [2.45, 2.75) is 20.3 Å². The van der Waals surface area contributed by atoms with E-state index in [0.717, 1.165) is 67.6 Å². The third-order valence-electron chi connectivity index (χ3n) is 5.06. The summed E-state index contributed by atoms with van der Waals surface area (Å²) in [6.07, 6.45) is 0.928. The molecule has 1 fully saturated rings. The van der Waals surface area contributed by atoms with E-state index in [9.17, 15) is 0 Å². The second-order valence-electron chi connectivity index (χ2n) is 7.01. The van der Waals surface area contributed by atoms with Gasteiger partial charge in [0.15, 0.2) is 5.82 Å². The summed E-state index contributed by atoms with van der Waals surface area (Å²) in [5.74, 6) is 1.68. The van der Waals surface area contributed by atoms with Gasteiger partial charge in [-0.15, -0.1) is 0 Å². The molecule has 26 heavy (non-hydrogen) atoms. The molecule has 1 aliphatic heterocycles. The van der Waals surface area contributed by atoms with Crippen LogP contribution in [0.25, 0.3) is 11.4 Å². The average molecular weight is 355 g/mol. The van der Waals surface area contributed by atoms with Crippen LogP contribution in [0.3, 0.4) is 0 Å². The van der Waals surface area contributed by atoms with Crippen LogP contribution in [0, 0.1) is 13.8 Å². The van der Waals surface area contributed by atoms with Crippen LogP contribution >= 0.6 is 0 Å². The first kappa shape index (κ1) is 18.6. The predicted octanol–water partition coefficient (Wildman–Crippen LogP) is 2.27. The fourth-order valence-electron chi connectivity index (χ4n) is 3.12. The van der Waals surface area contributed by atoms with E-state index in [1.54, 1.807) is 0 Å². The number of nitrogens with zero attached hydrogens (tertiary/aromatic N) is 4. The lowest BCUT2D eigenvalue weighted by Crippen LogP contribution is -2.44. The zero-order valence-electron chi connectivity index (χ0n) is 16.1. The van der Waals surface area contributed by atoms with Crippen LogP contribution in [0.15, 0.2) is 24.3 Å². The number of hydrogen-bond donors (Lipinski definition) is 2. The lowest BCUT2D eigenvalue weighted by molar-refractivity contribution is 0.313. The monoisotopic (exact) mass is 354 g/mol. The van der Waals surface area contributed by atoms with Gasteiger partial charge in [0, 0.05) is 55.2 Å². The van der Waals surface area contributed by atoms with Crippen LogP contribution in [0.2, 0.25) is 0 Å². The van der Waals surface area contributed by atoms with Gasteiger partial charge in [-0.05, 0) is 58.1 Å². The fraction of sp³-hybridized carbons (Fsp3) is 0.500. The number of piperazine rings is 1. The maximum Gasteiger partial charge on any atom is 0.161 e. The van der Waals surface area contributed by atoms with Crippen molar-refractivity contribution in [3.05, 3.63) is 35.5 Å². The van der Waals surface area contributed by atoms with Gasteiger partial charge in [-0.3, -0.25) is 0 Å². The summed E-state index contributed by atoms with van der Waals surface area (Å²) >= 11 is 0. The van der Waals surface area contributed by atoms with E-state index < -0.39 is 0 Å². The molecule has 6 heteroatoms. The Bertz CT molecular complexity index is 720. The number of aryl methyl sites for hydroxylation is 1. The highest BCUT2D eigenvalue weighted by atomic mass is 15.2. The molecule has 0 atom stereocenters. The molecule has 0 aliphatic carbocycles. The van der Waals surface area contributed by atoms with Crippen molar-refractivity contribution < 1.29 is 0 Å². The van der Waals surface area contributed by atoms with Crippen LogP contribution in [0.1, 0.15) is 17.7 Å². The zero-order valence-corrected chi connectivity index (χ0v) is 16.1. The second kappa shape index (κ2) is 8.47. The summed E-state index contributed by atoms with van der Waals surface area (Å²) in [7, 11) is 2.18. The molecule has 2 aromatic rings. The Labute approximate surface area is 156 Å². The standard InChI is InChI=1S/C20H30N6/c1-15-16(2)23-20(24-19(15)22-10-4-9-21)17-5-7-18(8-6-17)26-13-11-25(3)12-14-26/h5-8H,4,9-14,21H2,1-3H3,(H,22,23,24). The Kier molecular flexibility index (Phi) is 6.06. The number of benzene rings is 1. The first-order chi connectivity index (χ1) is 12.6. The lowest BCUT2D eigenvalue weighted by Gasteiger charge is -2.34. The zero-order chi connectivity index (χ0) is 18.5. The summed E-state index contributed by atoms with van der Waals surface area (Å²) in [5.41, 5.74) is 10.0. The number of likely N-dealkylation sites (N-methyl/N-ethyl adjacent to an activating group) is 1. The molecule has 0 saturated carbocycles. The van der Waals surface area contributed by atoms with Crippen LogP contribution in [0.4, 0.5) is 11.5 Å². The summed E-state index contributed by atoms with van der Waals surface area (Å²) in [6.45, 7) is 9.97. The first-order valence-corrected chi connectivity index (χ1v) is 9.41. The highest BCUT2D eigenvalue weighted by Gasteiger charge is 2.15. The highest BCUT2D eigenvalue weighted by Crippen LogP contribution is 2.24. The van der Waals surface area contributed by atoms with Gasteiger partial charge < -0.3 is 20.9 Å². The minimum atomic E-state index is 0.677. The molecular weight excluding hydrogens is 324 g/mol. The number of anilines is 2. The van der Waals surface area contributed by atoms with Gasteiger partial charge in [0.2, 0.25) is 0 Å². The predicted molar refractivity (Wildman–Crippen MR) is 109 cm³/mol. The molecule has 0 radical (unpaired) electrons. The molecule has 0 spiro atoms. The molecule has 1 aliphatic rings. The van der Waals surface area contributed by atoms with Gasteiger partial charge in [-0.1, -0.05) is 0 Å². The van der Waals surface area contributed by atoms with Crippen molar-refractivity contribution in [3.8, 4) is 11.4 Å². The van der Waals surface area contributed by atoms with Crippen molar-refractivity contribution in [1.29, 1.82) is 0 Å². The summed E-state index contributed by atoms with van der Waals surface area (Å²) in [5, 5.41) is 3.39. The van der Waals surface area contributed by atoms with Gasteiger partial charge in [0.25, 0.3) is 0 Å². The molecule has 6 nitrogen and oxygen atoms in total.